The van der Waals surface area contributed by atoms with Crippen LogP contribution in [0.5, 0.6) is 0 Å². The number of hydrogen-bond acceptors (Lipinski definition) is 4. The quantitative estimate of drug-likeness (QED) is 0.268. The number of piperidine rings is 1. The summed E-state index contributed by atoms with van der Waals surface area (Å²) in [4.78, 5) is 19.2. The van der Waals surface area contributed by atoms with E-state index >= 15 is 0 Å². The normalized spacial score (nSPS) is 17.9. The highest BCUT2D eigenvalue weighted by Crippen LogP contribution is 2.18. The number of nitrogens with one attached hydrogen (secondary N) is 1. The zero-order chi connectivity index (χ0) is 21.3. The number of hydrogen-bond donors (Lipinski definition) is 1. The van der Waals surface area contributed by atoms with Crippen LogP contribution in [-0.4, -0.2) is 44.5 Å². The van der Waals surface area contributed by atoms with Crippen molar-refractivity contribution in [2.75, 3.05) is 32.8 Å². The maximum absolute atomic E-state index is 12.1. The first-order chi connectivity index (χ1) is 14.6. The largest absolute Gasteiger partial charge is 1.00 e. The lowest BCUT2D eigenvalue weighted by molar-refractivity contribution is -0.908. The number of quaternary nitrogens is 1. The number of aryl methyl sites for hydroxylation is 2. The minimum absolute atomic E-state index is 0. The molecule has 2 atom stereocenters. The van der Waals surface area contributed by atoms with Crippen LogP contribution in [0, 0.1) is 19.8 Å². The molecule has 0 amide bonds. The molecule has 1 aliphatic rings. The van der Waals surface area contributed by atoms with E-state index in [1.54, 1.807) is 0 Å². The molecule has 0 bridgehead atoms. The average molecular weight is 445 g/mol. The van der Waals surface area contributed by atoms with Gasteiger partial charge in [0.05, 0.1) is 19.7 Å². The Labute approximate surface area is 191 Å². The predicted molar refractivity (Wildman–Crippen MR) is 119 cm³/mol. The van der Waals surface area contributed by atoms with Gasteiger partial charge in [-0.1, -0.05) is 53.7 Å². The summed E-state index contributed by atoms with van der Waals surface area (Å²) in [5, 5.41) is 4.57. The van der Waals surface area contributed by atoms with Gasteiger partial charge in [0, 0.05) is 11.1 Å². The Kier molecular flexibility index (Phi) is 10.0. The fourth-order valence-corrected chi connectivity index (χ4v) is 4.06. The second-order valence-corrected chi connectivity index (χ2v) is 7.95. The lowest BCUT2D eigenvalue weighted by atomic mass is 9.95. The molecule has 1 N–H and O–H groups in total. The molecule has 0 aromatic heterocycles. The number of benzene rings is 2. The van der Waals surface area contributed by atoms with Crippen LogP contribution in [0.3, 0.4) is 0 Å². The first-order valence-corrected chi connectivity index (χ1v) is 10.9. The fraction of sp³-hybridized carbons (Fsp3) is 0.440. The van der Waals surface area contributed by atoms with Crippen LogP contribution in [0.2, 0.25) is 0 Å². The maximum Gasteiger partial charge on any atom is 0.314 e. The van der Waals surface area contributed by atoms with Gasteiger partial charge in [0.2, 0.25) is 0 Å². The Bertz CT molecular complexity index is 837. The highest BCUT2D eigenvalue weighted by atomic mass is 35.5. The van der Waals surface area contributed by atoms with Crippen LogP contribution in [0.15, 0.2) is 53.7 Å². The second-order valence-electron chi connectivity index (χ2n) is 7.95. The third-order valence-electron chi connectivity index (χ3n) is 5.74. The van der Waals surface area contributed by atoms with Crippen LogP contribution < -0.4 is 17.3 Å². The van der Waals surface area contributed by atoms with Crippen LogP contribution in [0.1, 0.15) is 42.0 Å². The number of oxime groups is 1. The molecule has 2 aromatic carbocycles. The summed E-state index contributed by atoms with van der Waals surface area (Å²) in [6.45, 7) is 9.72. The summed E-state index contributed by atoms with van der Waals surface area (Å²) in [7, 11) is 0. The van der Waals surface area contributed by atoms with E-state index in [0.29, 0.717) is 13.2 Å². The van der Waals surface area contributed by atoms with Crippen molar-refractivity contribution in [1.82, 2.24) is 0 Å². The monoisotopic (exact) mass is 444 g/mol. The smallest absolute Gasteiger partial charge is 0.314 e. The second kappa shape index (κ2) is 12.5. The van der Waals surface area contributed by atoms with E-state index in [-0.39, 0.29) is 24.3 Å². The summed E-state index contributed by atoms with van der Waals surface area (Å²) < 4.78 is 5.20. The van der Waals surface area contributed by atoms with Gasteiger partial charge >= 0.3 is 5.97 Å². The third-order valence-corrected chi connectivity index (χ3v) is 5.74. The molecule has 0 spiro atoms. The number of esters is 1. The molecule has 1 heterocycles. The standard InChI is InChI=1S/C25H32N2O3.ClH/c1-4-29-25(28)21-12-9-15-27(18-21)16-17-30-26-24(22-13-7-5-10-19(22)2)23-14-8-6-11-20(23)3;/h5-8,10-11,13-14,21H,4,9,12,15-18H2,1-3H3;1H/t21-;/m0./s1. The van der Waals surface area contributed by atoms with Gasteiger partial charge in [0.25, 0.3) is 0 Å². The van der Waals surface area contributed by atoms with Gasteiger partial charge in [0.15, 0.2) is 6.61 Å². The number of halogens is 1. The SMILES string of the molecule is CCOC(=O)[C@H]1CCC[NH+](CCON=C(c2ccccc2C)c2ccccc2C)C1.[Cl-]. The molecule has 0 saturated carbocycles. The highest BCUT2D eigenvalue weighted by molar-refractivity contribution is 6.14. The first-order valence-electron chi connectivity index (χ1n) is 10.9. The van der Waals surface area contributed by atoms with Crippen LogP contribution in [0.4, 0.5) is 0 Å². The van der Waals surface area contributed by atoms with Gasteiger partial charge in [-0.3, -0.25) is 4.79 Å². The number of ether oxygens (including phenoxy) is 1. The van der Waals surface area contributed by atoms with Crippen LogP contribution >= 0.6 is 0 Å². The van der Waals surface area contributed by atoms with Gasteiger partial charge in [-0.05, 0) is 44.7 Å². The Balaban J connectivity index is 0.00000341. The minimum atomic E-state index is -0.0602. The molecule has 5 nitrogen and oxygen atoms in total. The number of carbonyl (C=O) groups is 1. The summed E-state index contributed by atoms with van der Waals surface area (Å²) >= 11 is 0. The number of likely N-dealkylation sites (tertiary alicyclic amines) is 1. The van der Waals surface area contributed by atoms with Crippen molar-refractivity contribution in [1.29, 1.82) is 0 Å². The van der Waals surface area contributed by atoms with E-state index in [2.05, 4.69) is 43.3 Å². The molecule has 0 radical (unpaired) electrons. The fourth-order valence-electron chi connectivity index (χ4n) is 4.06. The average Bonchev–Trinajstić information content (AvgIpc) is 2.76. The van der Waals surface area contributed by atoms with Crippen molar-refractivity contribution in [3.05, 3.63) is 70.8 Å². The molecule has 3 rings (SSSR count). The molecule has 2 aromatic rings. The molecule has 6 heteroatoms. The van der Waals surface area contributed by atoms with Gasteiger partial charge in [-0.2, -0.15) is 0 Å². The van der Waals surface area contributed by atoms with E-state index in [4.69, 9.17) is 9.57 Å². The Morgan fingerprint density at radius 2 is 1.68 bits per heavy atom. The van der Waals surface area contributed by atoms with Gasteiger partial charge in [-0.25, -0.2) is 0 Å². The molecule has 1 fully saturated rings. The van der Waals surface area contributed by atoms with Crippen molar-refractivity contribution in [2.24, 2.45) is 11.1 Å². The van der Waals surface area contributed by atoms with E-state index in [0.717, 1.165) is 49.3 Å². The van der Waals surface area contributed by atoms with Crippen molar-refractivity contribution >= 4 is 11.7 Å². The summed E-state index contributed by atoms with van der Waals surface area (Å²) in [5.74, 6) is -0.0540. The molecule has 0 aliphatic carbocycles. The summed E-state index contributed by atoms with van der Waals surface area (Å²) in [6, 6.07) is 16.5. The van der Waals surface area contributed by atoms with E-state index in [1.807, 2.05) is 31.2 Å². The van der Waals surface area contributed by atoms with E-state index in [1.165, 1.54) is 16.0 Å². The van der Waals surface area contributed by atoms with Crippen molar-refractivity contribution in [3.63, 3.8) is 0 Å². The first kappa shape index (κ1) is 24.9. The lowest BCUT2D eigenvalue weighted by Gasteiger charge is -2.28. The molecule has 1 aliphatic heterocycles. The summed E-state index contributed by atoms with van der Waals surface area (Å²) in [5.41, 5.74) is 5.37. The van der Waals surface area contributed by atoms with Crippen molar-refractivity contribution in [3.8, 4) is 0 Å². The van der Waals surface area contributed by atoms with Gasteiger partial charge < -0.3 is 26.9 Å². The molecular weight excluding hydrogens is 412 g/mol. The Hall–Kier alpha value is -2.37. The third kappa shape index (κ3) is 6.81. The highest BCUT2D eigenvalue weighted by Gasteiger charge is 2.29. The molecule has 168 valence electrons. The number of carbonyl (C=O) groups excluding carboxylic acids is 1. The van der Waals surface area contributed by atoms with Crippen LogP contribution in [0.25, 0.3) is 0 Å². The lowest BCUT2D eigenvalue weighted by Crippen LogP contribution is -3.14. The van der Waals surface area contributed by atoms with Gasteiger partial charge in [0.1, 0.15) is 18.2 Å². The topological polar surface area (TPSA) is 52.3 Å². The maximum atomic E-state index is 12.1. The van der Waals surface area contributed by atoms with Crippen LogP contribution in [-0.2, 0) is 14.4 Å². The minimum Gasteiger partial charge on any atom is -1.00 e. The van der Waals surface area contributed by atoms with Crippen molar-refractivity contribution < 1.29 is 31.7 Å². The number of nitrogens with zero attached hydrogens (tertiary/aromatic N) is 1. The molecule has 31 heavy (non-hydrogen) atoms. The Morgan fingerprint density at radius 1 is 1.06 bits per heavy atom. The number of rotatable bonds is 8. The van der Waals surface area contributed by atoms with E-state index in [9.17, 15) is 4.79 Å². The zero-order valence-corrected chi connectivity index (χ0v) is 19.5. The Morgan fingerprint density at radius 3 is 2.26 bits per heavy atom. The predicted octanol–water partition coefficient (Wildman–Crippen LogP) is -0.0656. The van der Waals surface area contributed by atoms with E-state index < -0.39 is 0 Å². The molecule has 1 unspecified atom stereocenters. The molecule has 1 saturated heterocycles. The summed E-state index contributed by atoms with van der Waals surface area (Å²) in [6.07, 6.45) is 1.96. The van der Waals surface area contributed by atoms with Crippen molar-refractivity contribution in [2.45, 2.75) is 33.6 Å². The zero-order valence-electron chi connectivity index (χ0n) is 18.7. The van der Waals surface area contributed by atoms with Gasteiger partial charge in [-0.15, -0.1) is 0 Å². The molecular formula is C25H33ClN2O3.